The predicted molar refractivity (Wildman–Crippen MR) is 69.5 cm³/mol. The molecule has 1 aromatic heterocycles. The number of hydrogen-bond acceptors (Lipinski definition) is 2. The molecule has 1 saturated carbocycles. The summed E-state index contributed by atoms with van der Waals surface area (Å²) in [7, 11) is 0. The highest BCUT2D eigenvalue weighted by molar-refractivity contribution is 6.29. The van der Waals surface area contributed by atoms with Crippen LogP contribution in [0.3, 0.4) is 0 Å². The average molecular weight is 255 g/mol. The number of rotatable bonds is 2. The fourth-order valence-electron chi connectivity index (χ4n) is 2.83. The van der Waals surface area contributed by atoms with Gasteiger partial charge in [-0.2, -0.15) is 0 Å². The van der Waals surface area contributed by atoms with Crippen molar-refractivity contribution in [1.82, 2.24) is 9.55 Å². The molecule has 0 saturated heterocycles. The lowest BCUT2D eigenvalue weighted by molar-refractivity contribution is 0.261. The normalized spacial score (nSPS) is 24.9. The van der Waals surface area contributed by atoms with Crippen molar-refractivity contribution in [1.29, 1.82) is 0 Å². The molecule has 17 heavy (non-hydrogen) atoms. The van der Waals surface area contributed by atoms with Crippen molar-refractivity contribution in [3.05, 3.63) is 27.4 Å². The van der Waals surface area contributed by atoms with Crippen LogP contribution in [0.4, 0.5) is 0 Å². The van der Waals surface area contributed by atoms with E-state index < -0.39 is 0 Å². The Morgan fingerprint density at radius 2 is 2.06 bits per heavy atom. The fourth-order valence-corrected chi connectivity index (χ4v) is 3.04. The van der Waals surface area contributed by atoms with Gasteiger partial charge in [0.05, 0.1) is 0 Å². The first-order valence-electron chi connectivity index (χ1n) is 6.37. The molecule has 94 valence electrons. The Hall–Kier alpha value is -0.830. The van der Waals surface area contributed by atoms with E-state index >= 15 is 0 Å². The van der Waals surface area contributed by atoms with Gasteiger partial charge in [-0.15, -0.1) is 0 Å². The van der Waals surface area contributed by atoms with Gasteiger partial charge in [0.1, 0.15) is 11.0 Å². The van der Waals surface area contributed by atoms with Gasteiger partial charge >= 0.3 is 0 Å². The monoisotopic (exact) mass is 254 g/mol. The Kier molecular flexibility index (Phi) is 3.87. The quantitative estimate of drug-likeness (QED) is 0.759. The highest BCUT2D eigenvalue weighted by Crippen LogP contribution is 2.33. The maximum absolute atomic E-state index is 11.9. The Labute approximate surface area is 107 Å². The van der Waals surface area contributed by atoms with E-state index in [-0.39, 0.29) is 5.56 Å². The van der Waals surface area contributed by atoms with Crippen LogP contribution in [0.15, 0.2) is 10.9 Å². The van der Waals surface area contributed by atoms with E-state index in [0.29, 0.717) is 11.2 Å². The Bertz CT molecular complexity index is 447. The molecule has 0 N–H and O–H groups in total. The molecular weight excluding hydrogens is 236 g/mol. The third-order valence-electron chi connectivity index (χ3n) is 3.86. The SMILES string of the molecule is CCC1CCC(n2c(C)nc(Cl)cc2=O)CC1. The molecule has 0 bridgehead atoms. The van der Waals surface area contributed by atoms with Crippen LogP contribution in [0.5, 0.6) is 0 Å². The molecule has 1 aliphatic rings. The maximum Gasteiger partial charge on any atom is 0.255 e. The minimum Gasteiger partial charge on any atom is -0.294 e. The van der Waals surface area contributed by atoms with Crippen molar-refractivity contribution in [2.45, 2.75) is 52.0 Å². The van der Waals surface area contributed by atoms with E-state index in [4.69, 9.17) is 11.6 Å². The van der Waals surface area contributed by atoms with Crippen LogP contribution in [0.25, 0.3) is 0 Å². The van der Waals surface area contributed by atoms with Gasteiger partial charge in [-0.05, 0) is 38.5 Å². The van der Waals surface area contributed by atoms with Gasteiger partial charge in [0.15, 0.2) is 0 Å². The van der Waals surface area contributed by atoms with E-state index in [9.17, 15) is 4.79 Å². The summed E-state index contributed by atoms with van der Waals surface area (Å²) in [5.41, 5.74) is -0.0116. The third kappa shape index (κ3) is 2.71. The molecule has 1 aliphatic carbocycles. The van der Waals surface area contributed by atoms with Gasteiger partial charge < -0.3 is 0 Å². The molecule has 0 amide bonds. The Balaban J connectivity index is 2.22. The molecule has 0 atom stereocenters. The second-order valence-corrected chi connectivity index (χ2v) is 5.30. The molecule has 0 radical (unpaired) electrons. The van der Waals surface area contributed by atoms with E-state index in [1.807, 2.05) is 11.5 Å². The topological polar surface area (TPSA) is 34.9 Å². The summed E-state index contributed by atoms with van der Waals surface area (Å²) in [5, 5.41) is 0.297. The summed E-state index contributed by atoms with van der Waals surface area (Å²) in [6.07, 6.45) is 5.86. The highest BCUT2D eigenvalue weighted by Gasteiger charge is 2.23. The predicted octanol–water partition coefficient (Wildman–Crippen LogP) is 3.35. The van der Waals surface area contributed by atoms with Crippen LogP contribution in [0, 0.1) is 12.8 Å². The largest absolute Gasteiger partial charge is 0.294 e. The molecule has 1 aromatic rings. The molecule has 0 aliphatic heterocycles. The third-order valence-corrected chi connectivity index (χ3v) is 4.05. The molecule has 1 heterocycles. The second-order valence-electron chi connectivity index (χ2n) is 4.92. The van der Waals surface area contributed by atoms with Crippen LogP contribution in [-0.4, -0.2) is 9.55 Å². The smallest absolute Gasteiger partial charge is 0.255 e. The zero-order chi connectivity index (χ0) is 12.4. The lowest BCUT2D eigenvalue weighted by Crippen LogP contribution is -2.30. The van der Waals surface area contributed by atoms with Gasteiger partial charge in [0, 0.05) is 12.1 Å². The number of halogens is 1. The number of nitrogens with zero attached hydrogens (tertiary/aromatic N) is 2. The molecule has 4 heteroatoms. The maximum atomic E-state index is 11.9. The van der Waals surface area contributed by atoms with Gasteiger partial charge in [0.25, 0.3) is 5.56 Å². The van der Waals surface area contributed by atoms with Crippen molar-refractivity contribution >= 4 is 11.6 Å². The van der Waals surface area contributed by atoms with Crippen molar-refractivity contribution in [3.63, 3.8) is 0 Å². The first-order chi connectivity index (χ1) is 8.11. The minimum absolute atomic E-state index is 0.0116. The molecular formula is C13H19ClN2O. The molecule has 0 spiro atoms. The fraction of sp³-hybridized carbons (Fsp3) is 0.692. The van der Waals surface area contributed by atoms with Crippen LogP contribution in [0.1, 0.15) is 50.9 Å². The summed E-state index contributed by atoms with van der Waals surface area (Å²) in [6.45, 7) is 4.10. The van der Waals surface area contributed by atoms with Crippen LogP contribution < -0.4 is 5.56 Å². The lowest BCUT2D eigenvalue weighted by atomic mass is 9.84. The van der Waals surface area contributed by atoms with E-state index in [1.165, 1.54) is 25.3 Å². The van der Waals surface area contributed by atoms with Gasteiger partial charge in [0.2, 0.25) is 0 Å². The molecule has 2 rings (SSSR count). The van der Waals surface area contributed by atoms with Crippen molar-refractivity contribution in [2.24, 2.45) is 5.92 Å². The Morgan fingerprint density at radius 1 is 1.41 bits per heavy atom. The van der Waals surface area contributed by atoms with Crippen LogP contribution >= 0.6 is 11.6 Å². The second kappa shape index (κ2) is 5.21. The first-order valence-corrected chi connectivity index (χ1v) is 6.75. The van der Waals surface area contributed by atoms with E-state index in [0.717, 1.165) is 24.6 Å². The van der Waals surface area contributed by atoms with Crippen molar-refractivity contribution < 1.29 is 0 Å². The highest BCUT2D eigenvalue weighted by atomic mass is 35.5. The van der Waals surface area contributed by atoms with Gasteiger partial charge in [-0.3, -0.25) is 9.36 Å². The van der Waals surface area contributed by atoms with E-state index in [1.54, 1.807) is 0 Å². The van der Waals surface area contributed by atoms with Crippen LogP contribution in [-0.2, 0) is 0 Å². The van der Waals surface area contributed by atoms with E-state index in [2.05, 4.69) is 11.9 Å². The lowest BCUT2D eigenvalue weighted by Gasteiger charge is -2.29. The van der Waals surface area contributed by atoms with Gasteiger partial charge in [-0.1, -0.05) is 24.9 Å². The summed E-state index contributed by atoms with van der Waals surface area (Å²) in [6, 6.07) is 1.73. The van der Waals surface area contributed by atoms with Crippen molar-refractivity contribution in [2.75, 3.05) is 0 Å². The molecule has 0 aromatic carbocycles. The zero-order valence-corrected chi connectivity index (χ0v) is 11.2. The number of aromatic nitrogens is 2. The summed E-state index contributed by atoms with van der Waals surface area (Å²) in [5.74, 6) is 1.57. The van der Waals surface area contributed by atoms with Crippen LogP contribution in [0.2, 0.25) is 5.15 Å². The minimum atomic E-state index is -0.0116. The standard InChI is InChI=1S/C13H19ClN2O/c1-3-10-4-6-11(7-5-10)16-9(2)15-12(14)8-13(16)17/h8,10-11H,3-7H2,1-2H3. The van der Waals surface area contributed by atoms with Crippen molar-refractivity contribution in [3.8, 4) is 0 Å². The number of hydrogen-bond donors (Lipinski definition) is 0. The van der Waals surface area contributed by atoms with Gasteiger partial charge in [-0.25, -0.2) is 4.98 Å². The number of aryl methyl sites for hydroxylation is 1. The molecule has 3 nitrogen and oxygen atoms in total. The molecule has 0 unspecified atom stereocenters. The summed E-state index contributed by atoms with van der Waals surface area (Å²) in [4.78, 5) is 16.1. The Morgan fingerprint density at radius 3 is 2.59 bits per heavy atom. The molecule has 1 fully saturated rings. The average Bonchev–Trinajstić information content (AvgIpc) is 2.28. The zero-order valence-electron chi connectivity index (χ0n) is 10.4. The first kappa shape index (κ1) is 12.6. The summed E-state index contributed by atoms with van der Waals surface area (Å²) >= 11 is 5.78. The summed E-state index contributed by atoms with van der Waals surface area (Å²) < 4.78 is 1.82.